The zero-order valence-electron chi connectivity index (χ0n) is 9.00. The fourth-order valence-corrected chi connectivity index (χ4v) is 3.50. The fourth-order valence-electron chi connectivity index (χ4n) is 1.25. The first kappa shape index (κ1) is 13.2. The van der Waals surface area contributed by atoms with Crippen molar-refractivity contribution in [3.05, 3.63) is 28.1 Å². The number of rotatable bonds is 3. The summed E-state index contributed by atoms with van der Waals surface area (Å²) >= 11 is 8.64. The molecule has 0 aliphatic carbocycles. The van der Waals surface area contributed by atoms with Crippen LogP contribution in [0.25, 0.3) is 0 Å². The molecule has 0 radical (unpaired) electrons. The topological polar surface area (TPSA) is 89.8 Å². The van der Waals surface area contributed by atoms with Crippen molar-refractivity contribution >= 4 is 43.2 Å². The van der Waals surface area contributed by atoms with Gasteiger partial charge in [-0.05, 0) is 28.1 Å². The smallest absolute Gasteiger partial charge is 0.277 e. The minimum absolute atomic E-state index is 0.0718. The first-order valence-corrected chi connectivity index (χ1v) is 7.25. The molecular weight excluding hydrogens is 346 g/mol. The van der Waals surface area contributed by atoms with Crippen LogP contribution >= 0.6 is 27.5 Å². The number of halogens is 2. The normalized spacial score (nSPS) is 11.5. The van der Waals surface area contributed by atoms with Crippen LogP contribution in [0.2, 0.25) is 5.15 Å². The van der Waals surface area contributed by atoms with Gasteiger partial charge in [0, 0.05) is 7.05 Å². The molecule has 96 valence electrons. The van der Waals surface area contributed by atoms with Gasteiger partial charge in [-0.2, -0.15) is 8.42 Å². The summed E-state index contributed by atoms with van der Waals surface area (Å²) in [5.74, 6) is 0. The van der Waals surface area contributed by atoms with Crippen LogP contribution in [-0.4, -0.2) is 28.4 Å². The van der Waals surface area contributed by atoms with Gasteiger partial charge in [0.2, 0.25) is 5.03 Å². The quantitative estimate of drug-likeness (QED) is 0.844. The molecule has 0 unspecified atom stereocenters. The van der Waals surface area contributed by atoms with Gasteiger partial charge in [0.15, 0.2) is 4.60 Å². The lowest BCUT2D eigenvalue weighted by Crippen LogP contribution is -2.17. The van der Waals surface area contributed by atoms with Crippen molar-refractivity contribution in [2.75, 3.05) is 4.72 Å². The molecule has 18 heavy (non-hydrogen) atoms. The average molecular weight is 353 g/mol. The molecule has 7 nitrogen and oxygen atoms in total. The molecular formula is C8H7BrClN5O2S. The largest absolute Gasteiger partial charge is 0.281 e. The first-order chi connectivity index (χ1) is 8.40. The molecule has 1 N–H and O–H groups in total. The first-order valence-electron chi connectivity index (χ1n) is 4.60. The number of pyridine rings is 1. The summed E-state index contributed by atoms with van der Waals surface area (Å²) in [4.78, 5) is 3.78. The molecule has 2 heterocycles. The monoisotopic (exact) mass is 351 g/mol. The molecule has 0 spiro atoms. The minimum atomic E-state index is -3.79. The number of aryl methyl sites for hydroxylation is 1. The van der Waals surface area contributed by atoms with E-state index in [1.54, 1.807) is 0 Å². The van der Waals surface area contributed by atoms with Crippen molar-refractivity contribution < 1.29 is 8.42 Å². The Labute approximate surface area is 116 Å². The molecule has 10 heteroatoms. The van der Waals surface area contributed by atoms with E-state index in [4.69, 9.17) is 11.6 Å². The zero-order chi connectivity index (χ0) is 13.3. The molecule has 0 saturated carbocycles. The third kappa shape index (κ3) is 2.62. The van der Waals surface area contributed by atoms with E-state index in [-0.39, 0.29) is 14.8 Å². The van der Waals surface area contributed by atoms with Gasteiger partial charge in [-0.1, -0.05) is 16.8 Å². The predicted octanol–water partition coefficient (Wildman–Crippen LogP) is 1.43. The Balaban J connectivity index is 2.36. The molecule has 2 aromatic rings. The lowest BCUT2D eigenvalue weighted by Gasteiger charge is -2.07. The van der Waals surface area contributed by atoms with Crippen molar-refractivity contribution in [3.8, 4) is 0 Å². The molecule has 2 aromatic heterocycles. The summed E-state index contributed by atoms with van der Waals surface area (Å²) in [5, 5.41) is 7.42. The summed E-state index contributed by atoms with van der Waals surface area (Å²) in [6.45, 7) is 0. The third-order valence-corrected chi connectivity index (χ3v) is 4.46. The van der Waals surface area contributed by atoms with Gasteiger partial charge in [-0.15, -0.1) is 5.10 Å². The van der Waals surface area contributed by atoms with Crippen LogP contribution < -0.4 is 4.72 Å². The van der Waals surface area contributed by atoms with Crippen LogP contribution in [0.1, 0.15) is 0 Å². The Morgan fingerprint density at radius 1 is 1.44 bits per heavy atom. The predicted molar refractivity (Wildman–Crippen MR) is 68.8 cm³/mol. The van der Waals surface area contributed by atoms with Crippen molar-refractivity contribution in [3.63, 3.8) is 0 Å². The van der Waals surface area contributed by atoms with E-state index < -0.39 is 10.0 Å². The van der Waals surface area contributed by atoms with Crippen LogP contribution in [0, 0.1) is 0 Å². The highest BCUT2D eigenvalue weighted by atomic mass is 79.9. The highest BCUT2D eigenvalue weighted by Gasteiger charge is 2.23. The second-order valence-corrected chi connectivity index (χ2v) is 6.02. The maximum Gasteiger partial charge on any atom is 0.281 e. The van der Waals surface area contributed by atoms with E-state index in [9.17, 15) is 8.42 Å². The molecule has 0 fully saturated rings. The van der Waals surface area contributed by atoms with Gasteiger partial charge in [0.1, 0.15) is 5.15 Å². The van der Waals surface area contributed by atoms with E-state index in [2.05, 4.69) is 35.9 Å². The molecule has 0 amide bonds. The zero-order valence-corrected chi connectivity index (χ0v) is 12.2. The number of sulfonamides is 1. The Morgan fingerprint density at radius 3 is 2.67 bits per heavy atom. The number of anilines is 1. The standard InChI is InChI=1S/C8H7BrClN5O2S/c1-15-8(7(9)12-14-15)18(16,17)13-5-2-3-6(10)11-4-5/h2-4,13H,1H3. The van der Waals surface area contributed by atoms with Gasteiger partial charge >= 0.3 is 0 Å². The second kappa shape index (κ2) is 4.82. The molecule has 0 atom stereocenters. The summed E-state index contributed by atoms with van der Waals surface area (Å²) in [7, 11) is -2.31. The highest BCUT2D eigenvalue weighted by molar-refractivity contribution is 9.10. The van der Waals surface area contributed by atoms with E-state index in [1.807, 2.05) is 0 Å². The van der Waals surface area contributed by atoms with Gasteiger partial charge < -0.3 is 0 Å². The van der Waals surface area contributed by atoms with Gasteiger partial charge in [0.05, 0.1) is 11.9 Å². The van der Waals surface area contributed by atoms with Crippen molar-refractivity contribution in [1.29, 1.82) is 0 Å². The minimum Gasteiger partial charge on any atom is -0.277 e. The summed E-state index contributed by atoms with van der Waals surface area (Å²) in [6.07, 6.45) is 1.32. The summed E-state index contributed by atoms with van der Waals surface area (Å²) in [5.41, 5.74) is 0.299. The maximum absolute atomic E-state index is 12.1. The number of aromatic nitrogens is 4. The average Bonchev–Trinajstić information content (AvgIpc) is 2.62. The van der Waals surface area contributed by atoms with Crippen molar-refractivity contribution in [2.45, 2.75) is 5.03 Å². The van der Waals surface area contributed by atoms with Crippen LogP contribution in [0.15, 0.2) is 28.0 Å². The van der Waals surface area contributed by atoms with Crippen LogP contribution in [-0.2, 0) is 17.1 Å². The SMILES string of the molecule is Cn1nnc(Br)c1S(=O)(=O)Nc1ccc(Cl)nc1. The highest BCUT2D eigenvalue weighted by Crippen LogP contribution is 2.21. The summed E-state index contributed by atoms with van der Waals surface area (Å²) < 4.78 is 27.8. The van der Waals surface area contributed by atoms with E-state index >= 15 is 0 Å². The van der Waals surface area contributed by atoms with Crippen molar-refractivity contribution in [1.82, 2.24) is 20.0 Å². The van der Waals surface area contributed by atoms with Gasteiger partial charge in [-0.3, -0.25) is 4.72 Å². The molecule has 0 aliphatic heterocycles. The molecule has 0 aliphatic rings. The maximum atomic E-state index is 12.1. The third-order valence-electron chi connectivity index (χ3n) is 1.97. The lowest BCUT2D eigenvalue weighted by molar-refractivity contribution is 0.578. The molecule has 2 rings (SSSR count). The second-order valence-electron chi connectivity index (χ2n) is 3.28. The number of hydrogen-bond donors (Lipinski definition) is 1. The Bertz CT molecular complexity index is 650. The van der Waals surface area contributed by atoms with E-state index in [0.29, 0.717) is 5.69 Å². The number of hydrogen-bond acceptors (Lipinski definition) is 5. The van der Waals surface area contributed by atoms with Crippen LogP contribution in [0.4, 0.5) is 5.69 Å². The Kier molecular flexibility index (Phi) is 3.55. The van der Waals surface area contributed by atoms with Crippen molar-refractivity contribution in [2.24, 2.45) is 7.05 Å². The fraction of sp³-hybridized carbons (Fsp3) is 0.125. The molecule has 0 bridgehead atoms. The Morgan fingerprint density at radius 2 is 2.17 bits per heavy atom. The van der Waals surface area contributed by atoms with Gasteiger partial charge in [-0.25, -0.2) is 9.67 Å². The molecule has 0 saturated heterocycles. The Hall–Kier alpha value is -1.19. The van der Waals surface area contributed by atoms with E-state index in [1.165, 1.54) is 25.4 Å². The lowest BCUT2D eigenvalue weighted by atomic mass is 10.4. The van der Waals surface area contributed by atoms with Gasteiger partial charge in [0.25, 0.3) is 10.0 Å². The van der Waals surface area contributed by atoms with E-state index in [0.717, 1.165) is 4.68 Å². The van der Waals surface area contributed by atoms with Crippen LogP contribution in [0.3, 0.4) is 0 Å². The number of nitrogens with zero attached hydrogens (tertiary/aromatic N) is 4. The molecule has 0 aromatic carbocycles. The van der Waals surface area contributed by atoms with Crippen LogP contribution in [0.5, 0.6) is 0 Å². The summed E-state index contributed by atoms with van der Waals surface area (Å²) in [6, 6.07) is 2.99. The number of nitrogens with one attached hydrogen (secondary N) is 1.